The summed E-state index contributed by atoms with van der Waals surface area (Å²) in [6, 6.07) is 14.2. The minimum atomic E-state index is -0.00633. The lowest BCUT2D eigenvalue weighted by atomic mass is 10.2. The fourth-order valence-electron chi connectivity index (χ4n) is 2.85. The van der Waals surface area contributed by atoms with Gasteiger partial charge in [-0.15, -0.1) is 11.3 Å². The summed E-state index contributed by atoms with van der Waals surface area (Å²) < 4.78 is 0. The van der Waals surface area contributed by atoms with Crippen molar-refractivity contribution in [2.75, 3.05) is 24.5 Å². The largest absolute Gasteiger partial charge is 0.370 e. The third-order valence-electron chi connectivity index (χ3n) is 4.23. The maximum absolute atomic E-state index is 12.2. The summed E-state index contributed by atoms with van der Waals surface area (Å²) in [5.74, 6) is -0.00633. The van der Waals surface area contributed by atoms with Crippen molar-refractivity contribution in [3.8, 4) is 10.7 Å². The Morgan fingerprint density at radius 1 is 1.22 bits per heavy atom. The number of carbonyl (C=O) groups excluding carboxylic acids is 1. The topological polar surface area (TPSA) is 58.1 Å². The van der Waals surface area contributed by atoms with Gasteiger partial charge in [0.05, 0.1) is 17.8 Å². The normalized spacial score (nSPS) is 10.6. The van der Waals surface area contributed by atoms with Crippen LogP contribution in [-0.4, -0.2) is 35.5 Å². The number of aromatic nitrogens is 2. The molecular weight excluding hydrogens is 356 g/mol. The first-order valence-corrected chi connectivity index (χ1v) is 9.98. The molecule has 5 nitrogen and oxygen atoms in total. The van der Waals surface area contributed by atoms with E-state index >= 15 is 0 Å². The SMILES string of the molecule is CCN(CCNC(=O)Cc1csc(-c2ccccn2)n1)c1cccc(C)c1. The molecule has 140 valence electrons. The van der Waals surface area contributed by atoms with Gasteiger partial charge < -0.3 is 10.2 Å². The van der Waals surface area contributed by atoms with Crippen LogP contribution in [0.15, 0.2) is 54.0 Å². The quantitative estimate of drug-likeness (QED) is 0.647. The molecule has 0 fully saturated rings. The molecule has 0 aliphatic heterocycles. The van der Waals surface area contributed by atoms with Crippen LogP contribution in [0, 0.1) is 6.92 Å². The highest BCUT2D eigenvalue weighted by atomic mass is 32.1. The van der Waals surface area contributed by atoms with Crippen LogP contribution >= 0.6 is 11.3 Å². The molecule has 1 amide bonds. The Morgan fingerprint density at radius 2 is 2.11 bits per heavy atom. The molecule has 0 saturated heterocycles. The van der Waals surface area contributed by atoms with Gasteiger partial charge >= 0.3 is 0 Å². The number of hydrogen-bond acceptors (Lipinski definition) is 5. The molecule has 0 aliphatic carbocycles. The first kappa shape index (κ1) is 19.0. The Hall–Kier alpha value is -2.73. The molecule has 3 rings (SSSR count). The summed E-state index contributed by atoms with van der Waals surface area (Å²) in [5.41, 5.74) is 4.04. The smallest absolute Gasteiger partial charge is 0.226 e. The van der Waals surface area contributed by atoms with Crippen LogP contribution in [0.1, 0.15) is 18.2 Å². The molecule has 1 aromatic carbocycles. The lowest BCUT2D eigenvalue weighted by Crippen LogP contribution is -2.35. The second kappa shape index (κ2) is 9.28. The van der Waals surface area contributed by atoms with Crippen molar-refractivity contribution in [2.45, 2.75) is 20.3 Å². The second-order valence-electron chi connectivity index (χ2n) is 6.30. The van der Waals surface area contributed by atoms with E-state index in [4.69, 9.17) is 0 Å². The average molecular weight is 381 g/mol. The van der Waals surface area contributed by atoms with Gasteiger partial charge in [0.25, 0.3) is 0 Å². The number of aryl methyl sites for hydroxylation is 1. The molecular formula is C21H24N4OS. The van der Waals surface area contributed by atoms with Crippen LogP contribution in [0.25, 0.3) is 10.7 Å². The van der Waals surface area contributed by atoms with Crippen LogP contribution in [-0.2, 0) is 11.2 Å². The van der Waals surface area contributed by atoms with Crippen molar-refractivity contribution < 1.29 is 4.79 Å². The minimum Gasteiger partial charge on any atom is -0.370 e. The molecule has 0 unspecified atom stereocenters. The van der Waals surface area contributed by atoms with Gasteiger partial charge in [0.2, 0.25) is 5.91 Å². The van der Waals surface area contributed by atoms with E-state index in [0.717, 1.165) is 29.5 Å². The van der Waals surface area contributed by atoms with E-state index in [0.29, 0.717) is 13.0 Å². The maximum atomic E-state index is 12.2. The van der Waals surface area contributed by atoms with E-state index in [1.54, 1.807) is 6.20 Å². The average Bonchev–Trinajstić information content (AvgIpc) is 3.14. The standard InChI is InChI=1S/C21H24N4OS/c1-3-25(18-8-6-7-16(2)13-18)12-11-23-20(26)14-17-15-27-21(24-17)19-9-4-5-10-22-19/h4-10,13,15H,3,11-12,14H2,1-2H3,(H,23,26). The Bertz CT molecular complexity index is 879. The molecule has 3 aromatic rings. The van der Waals surface area contributed by atoms with E-state index in [1.807, 2.05) is 23.6 Å². The molecule has 0 atom stereocenters. The van der Waals surface area contributed by atoms with Gasteiger partial charge in [-0.25, -0.2) is 4.98 Å². The van der Waals surface area contributed by atoms with Crippen LogP contribution in [0.2, 0.25) is 0 Å². The molecule has 0 bridgehead atoms. The zero-order chi connectivity index (χ0) is 19.1. The molecule has 0 saturated carbocycles. The number of pyridine rings is 1. The number of thiazole rings is 1. The lowest BCUT2D eigenvalue weighted by Gasteiger charge is -2.23. The minimum absolute atomic E-state index is 0.00633. The van der Waals surface area contributed by atoms with Crippen LogP contribution in [0.3, 0.4) is 0 Å². The van der Waals surface area contributed by atoms with Crippen molar-refractivity contribution in [3.05, 3.63) is 65.3 Å². The number of nitrogens with one attached hydrogen (secondary N) is 1. The zero-order valence-corrected chi connectivity index (χ0v) is 16.5. The zero-order valence-electron chi connectivity index (χ0n) is 15.7. The van der Waals surface area contributed by atoms with E-state index in [-0.39, 0.29) is 5.91 Å². The van der Waals surface area contributed by atoms with E-state index in [1.165, 1.54) is 22.6 Å². The first-order valence-electron chi connectivity index (χ1n) is 9.10. The Kier molecular flexibility index (Phi) is 6.54. The van der Waals surface area contributed by atoms with Gasteiger partial charge in [0, 0.05) is 36.9 Å². The summed E-state index contributed by atoms with van der Waals surface area (Å²) >= 11 is 1.51. The fourth-order valence-corrected chi connectivity index (χ4v) is 3.64. The Balaban J connectivity index is 1.49. The summed E-state index contributed by atoms with van der Waals surface area (Å²) in [4.78, 5) is 23.3. The predicted molar refractivity (Wildman–Crippen MR) is 111 cm³/mol. The maximum Gasteiger partial charge on any atom is 0.226 e. The van der Waals surface area contributed by atoms with Gasteiger partial charge in [-0.1, -0.05) is 18.2 Å². The van der Waals surface area contributed by atoms with Gasteiger partial charge in [0.15, 0.2) is 0 Å². The van der Waals surface area contributed by atoms with Crippen molar-refractivity contribution in [1.82, 2.24) is 15.3 Å². The molecule has 2 heterocycles. The van der Waals surface area contributed by atoms with Crippen molar-refractivity contribution in [1.29, 1.82) is 0 Å². The molecule has 27 heavy (non-hydrogen) atoms. The number of benzene rings is 1. The number of likely N-dealkylation sites (N-methyl/N-ethyl adjacent to an activating group) is 1. The first-order chi connectivity index (χ1) is 13.2. The van der Waals surface area contributed by atoms with Crippen LogP contribution in [0.5, 0.6) is 0 Å². The van der Waals surface area contributed by atoms with Gasteiger partial charge in [-0.05, 0) is 43.7 Å². The van der Waals surface area contributed by atoms with Gasteiger partial charge in [-0.2, -0.15) is 0 Å². The van der Waals surface area contributed by atoms with Crippen molar-refractivity contribution in [3.63, 3.8) is 0 Å². The Morgan fingerprint density at radius 3 is 2.85 bits per heavy atom. The van der Waals surface area contributed by atoms with E-state index in [2.05, 4.69) is 58.3 Å². The number of rotatable bonds is 8. The third kappa shape index (κ3) is 5.37. The summed E-state index contributed by atoms with van der Waals surface area (Å²) in [7, 11) is 0. The second-order valence-corrected chi connectivity index (χ2v) is 7.16. The fraction of sp³-hybridized carbons (Fsp3) is 0.286. The van der Waals surface area contributed by atoms with Crippen LogP contribution < -0.4 is 10.2 Å². The highest BCUT2D eigenvalue weighted by Gasteiger charge is 2.10. The number of carbonyl (C=O) groups is 1. The number of hydrogen-bond donors (Lipinski definition) is 1. The summed E-state index contributed by atoms with van der Waals surface area (Å²) in [5, 5.41) is 5.77. The molecule has 0 radical (unpaired) electrons. The van der Waals surface area contributed by atoms with Crippen LogP contribution in [0.4, 0.5) is 5.69 Å². The highest BCUT2D eigenvalue weighted by Crippen LogP contribution is 2.21. The van der Waals surface area contributed by atoms with Gasteiger partial charge in [-0.3, -0.25) is 9.78 Å². The molecule has 2 aromatic heterocycles. The highest BCUT2D eigenvalue weighted by molar-refractivity contribution is 7.13. The van der Waals surface area contributed by atoms with E-state index in [9.17, 15) is 4.79 Å². The Labute approximate surface area is 164 Å². The predicted octanol–water partition coefficient (Wildman–Crippen LogP) is 3.70. The number of nitrogens with zero attached hydrogens (tertiary/aromatic N) is 3. The molecule has 6 heteroatoms. The monoisotopic (exact) mass is 380 g/mol. The van der Waals surface area contributed by atoms with Crippen molar-refractivity contribution >= 4 is 22.9 Å². The number of amides is 1. The summed E-state index contributed by atoms with van der Waals surface area (Å²) in [6.45, 7) is 6.50. The van der Waals surface area contributed by atoms with Gasteiger partial charge in [0.1, 0.15) is 5.01 Å². The third-order valence-corrected chi connectivity index (χ3v) is 5.14. The van der Waals surface area contributed by atoms with Crippen molar-refractivity contribution in [2.24, 2.45) is 0 Å². The summed E-state index contributed by atoms with van der Waals surface area (Å²) in [6.07, 6.45) is 2.04. The number of anilines is 1. The van der Waals surface area contributed by atoms with E-state index < -0.39 is 0 Å². The molecule has 0 spiro atoms. The lowest BCUT2D eigenvalue weighted by molar-refractivity contribution is -0.120. The molecule has 0 aliphatic rings. The molecule has 1 N–H and O–H groups in total.